The third kappa shape index (κ3) is 2.44. The van der Waals surface area contributed by atoms with Crippen LogP contribution < -0.4 is 11.0 Å². The Kier molecular flexibility index (Phi) is 3.28. The van der Waals surface area contributed by atoms with Crippen molar-refractivity contribution in [2.75, 3.05) is 0 Å². The van der Waals surface area contributed by atoms with Crippen molar-refractivity contribution in [3.8, 4) is 0 Å². The second-order valence-electron chi connectivity index (χ2n) is 4.67. The molecule has 0 bridgehead atoms. The predicted molar refractivity (Wildman–Crippen MR) is 75.9 cm³/mol. The molecule has 0 fully saturated rings. The van der Waals surface area contributed by atoms with Gasteiger partial charge in [-0.15, -0.1) is 5.10 Å². The van der Waals surface area contributed by atoms with Crippen molar-refractivity contribution in [1.82, 2.24) is 24.8 Å². The third-order valence-corrected chi connectivity index (χ3v) is 3.23. The first-order valence-corrected chi connectivity index (χ1v) is 6.27. The molecule has 1 aromatic carbocycles. The van der Waals surface area contributed by atoms with E-state index >= 15 is 0 Å². The number of fused-ring (bicyclic) bond motifs is 1. The first kappa shape index (κ1) is 13.5. The molecule has 21 heavy (non-hydrogen) atoms. The summed E-state index contributed by atoms with van der Waals surface area (Å²) in [6.45, 7) is 0.248. The van der Waals surface area contributed by atoms with Crippen LogP contribution in [0.5, 0.6) is 0 Å². The number of hydrogen-bond donors (Lipinski definition) is 2. The van der Waals surface area contributed by atoms with Gasteiger partial charge in [0.25, 0.3) is 5.56 Å². The summed E-state index contributed by atoms with van der Waals surface area (Å²) in [7, 11) is 0.188. The molecule has 8 nitrogen and oxygen atoms in total. The van der Waals surface area contributed by atoms with Crippen LogP contribution in [-0.4, -0.2) is 41.9 Å². The van der Waals surface area contributed by atoms with E-state index in [1.807, 2.05) is 0 Å². The zero-order chi connectivity index (χ0) is 15.0. The smallest absolute Gasteiger partial charge is 0.423 e. The lowest BCUT2D eigenvalue weighted by Crippen LogP contribution is -2.30. The normalized spacial score (nSPS) is 11.0. The molecule has 0 aliphatic rings. The zero-order valence-corrected chi connectivity index (χ0v) is 11.2. The van der Waals surface area contributed by atoms with Gasteiger partial charge >= 0.3 is 7.12 Å². The van der Waals surface area contributed by atoms with Gasteiger partial charge in [0.2, 0.25) is 0 Å². The first-order chi connectivity index (χ1) is 10.1. The van der Waals surface area contributed by atoms with E-state index in [0.29, 0.717) is 16.5 Å². The Morgan fingerprint density at radius 1 is 1.24 bits per heavy atom. The van der Waals surface area contributed by atoms with Crippen LogP contribution in [-0.2, 0) is 13.6 Å². The van der Waals surface area contributed by atoms with Gasteiger partial charge in [-0.25, -0.2) is 9.36 Å². The summed E-state index contributed by atoms with van der Waals surface area (Å²) in [5, 5.41) is 30.3. The van der Waals surface area contributed by atoms with E-state index in [0.717, 1.165) is 5.56 Å². The number of aryl methyl sites for hydroxylation is 1. The summed E-state index contributed by atoms with van der Waals surface area (Å²) in [4.78, 5) is 12.2. The van der Waals surface area contributed by atoms with Crippen LogP contribution >= 0.6 is 0 Å². The first-order valence-electron chi connectivity index (χ1n) is 6.27. The van der Waals surface area contributed by atoms with E-state index in [2.05, 4.69) is 15.4 Å². The molecule has 0 amide bonds. The molecule has 106 valence electrons. The lowest BCUT2D eigenvalue weighted by Gasteiger charge is -2.05. The molecule has 2 aromatic heterocycles. The van der Waals surface area contributed by atoms with Crippen molar-refractivity contribution in [2.24, 2.45) is 7.05 Å². The van der Waals surface area contributed by atoms with Gasteiger partial charge < -0.3 is 10.0 Å². The minimum atomic E-state index is -1.51. The summed E-state index contributed by atoms with van der Waals surface area (Å²) < 4.78 is 2.74. The van der Waals surface area contributed by atoms with Crippen molar-refractivity contribution < 1.29 is 10.0 Å². The van der Waals surface area contributed by atoms with Gasteiger partial charge in [-0.2, -0.15) is 5.10 Å². The molecule has 0 aliphatic carbocycles. The van der Waals surface area contributed by atoms with Crippen LogP contribution in [0.1, 0.15) is 5.56 Å². The van der Waals surface area contributed by atoms with E-state index in [1.54, 1.807) is 31.3 Å². The van der Waals surface area contributed by atoms with Crippen LogP contribution in [0.4, 0.5) is 0 Å². The van der Waals surface area contributed by atoms with E-state index in [1.165, 1.54) is 15.6 Å². The Hall–Kier alpha value is -2.52. The molecule has 2 heterocycles. The van der Waals surface area contributed by atoms with Crippen molar-refractivity contribution >= 4 is 23.6 Å². The average Bonchev–Trinajstić information content (AvgIpc) is 2.85. The zero-order valence-electron chi connectivity index (χ0n) is 11.2. The maximum Gasteiger partial charge on any atom is 0.488 e. The Morgan fingerprint density at radius 2 is 1.95 bits per heavy atom. The van der Waals surface area contributed by atoms with Crippen molar-refractivity contribution in [1.29, 1.82) is 0 Å². The standard InChI is InChI=1S/C12H12BN5O3/c1-17-11-10(6-14-17)12(19)18(16-15-11)7-8-2-4-9(5-3-8)13(20)21/h2-6,20-21H,7H2,1H3. The Balaban J connectivity index is 1.94. The van der Waals surface area contributed by atoms with E-state index in [-0.39, 0.29) is 12.1 Å². The molecule has 0 unspecified atom stereocenters. The molecule has 2 N–H and O–H groups in total. The fraction of sp³-hybridized carbons (Fsp3) is 0.167. The SMILES string of the molecule is Cn1ncc2c(=O)n(Cc3ccc(B(O)O)cc3)nnc21. The second kappa shape index (κ2) is 5.11. The maximum absolute atomic E-state index is 12.2. The number of aromatic nitrogens is 5. The molecular weight excluding hydrogens is 273 g/mol. The Labute approximate surface area is 119 Å². The van der Waals surface area contributed by atoms with Gasteiger partial charge in [-0.3, -0.25) is 4.79 Å². The Morgan fingerprint density at radius 3 is 2.62 bits per heavy atom. The Bertz CT molecular complexity index is 840. The minimum absolute atomic E-state index is 0.248. The summed E-state index contributed by atoms with van der Waals surface area (Å²) in [6.07, 6.45) is 1.47. The van der Waals surface area contributed by atoms with E-state index in [4.69, 9.17) is 10.0 Å². The molecule has 0 radical (unpaired) electrons. The largest absolute Gasteiger partial charge is 0.488 e. The van der Waals surface area contributed by atoms with Gasteiger partial charge in [0.05, 0.1) is 12.7 Å². The molecule has 0 spiro atoms. The van der Waals surface area contributed by atoms with Gasteiger partial charge in [-0.1, -0.05) is 29.5 Å². The lowest BCUT2D eigenvalue weighted by atomic mass is 9.80. The number of hydrogen-bond acceptors (Lipinski definition) is 6. The van der Waals surface area contributed by atoms with Gasteiger partial charge in [0.1, 0.15) is 5.39 Å². The average molecular weight is 285 g/mol. The quantitative estimate of drug-likeness (QED) is 0.553. The molecule has 0 aliphatic heterocycles. The van der Waals surface area contributed by atoms with E-state index in [9.17, 15) is 4.79 Å². The highest BCUT2D eigenvalue weighted by Gasteiger charge is 2.12. The molecular formula is C12H12BN5O3. The van der Waals surface area contributed by atoms with Crippen LogP contribution in [0.3, 0.4) is 0 Å². The van der Waals surface area contributed by atoms with Crippen LogP contribution in [0.15, 0.2) is 35.3 Å². The van der Waals surface area contributed by atoms with Crippen LogP contribution in [0, 0.1) is 0 Å². The van der Waals surface area contributed by atoms with Crippen LogP contribution in [0.2, 0.25) is 0 Å². The number of benzene rings is 1. The van der Waals surface area contributed by atoms with Crippen LogP contribution in [0.25, 0.3) is 11.0 Å². The summed E-state index contributed by atoms with van der Waals surface area (Å²) >= 11 is 0. The monoisotopic (exact) mass is 285 g/mol. The molecule has 0 saturated heterocycles. The third-order valence-electron chi connectivity index (χ3n) is 3.23. The minimum Gasteiger partial charge on any atom is -0.423 e. The molecule has 9 heteroatoms. The highest BCUT2D eigenvalue weighted by molar-refractivity contribution is 6.58. The molecule has 3 rings (SSSR count). The fourth-order valence-electron chi connectivity index (χ4n) is 2.05. The van der Waals surface area contributed by atoms with Gasteiger partial charge in [0.15, 0.2) is 5.65 Å². The summed E-state index contributed by atoms with van der Waals surface area (Å²) in [6, 6.07) is 6.58. The molecule has 0 atom stereocenters. The molecule has 3 aromatic rings. The highest BCUT2D eigenvalue weighted by atomic mass is 16.4. The van der Waals surface area contributed by atoms with Gasteiger partial charge in [-0.05, 0) is 11.0 Å². The number of nitrogens with zero attached hydrogens (tertiary/aromatic N) is 5. The van der Waals surface area contributed by atoms with Crippen molar-refractivity contribution in [3.05, 3.63) is 46.4 Å². The van der Waals surface area contributed by atoms with Crippen molar-refractivity contribution in [2.45, 2.75) is 6.54 Å². The maximum atomic E-state index is 12.2. The second-order valence-corrected chi connectivity index (χ2v) is 4.67. The summed E-state index contributed by atoms with van der Waals surface area (Å²) in [5.74, 6) is 0. The van der Waals surface area contributed by atoms with E-state index < -0.39 is 7.12 Å². The highest BCUT2D eigenvalue weighted by Crippen LogP contribution is 2.03. The van der Waals surface area contributed by atoms with Gasteiger partial charge in [0, 0.05) is 7.05 Å². The summed E-state index contributed by atoms with van der Waals surface area (Å²) in [5.41, 5.74) is 1.37. The van der Waals surface area contributed by atoms with Crippen molar-refractivity contribution in [3.63, 3.8) is 0 Å². The lowest BCUT2D eigenvalue weighted by molar-refractivity contribution is 0.426. The molecule has 0 saturated carbocycles. The predicted octanol–water partition coefficient (Wildman–Crippen LogP) is -1.75. The topological polar surface area (TPSA) is 106 Å². The number of rotatable bonds is 3. The fourth-order valence-corrected chi connectivity index (χ4v) is 2.05.